The van der Waals surface area contributed by atoms with Crippen molar-refractivity contribution in [2.75, 3.05) is 0 Å². The topological polar surface area (TPSA) is 152 Å². The summed E-state index contributed by atoms with van der Waals surface area (Å²) in [5.41, 5.74) is 5.42. The van der Waals surface area contributed by atoms with Gasteiger partial charge in [-0.25, -0.2) is 8.42 Å². The van der Waals surface area contributed by atoms with Gasteiger partial charge < -0.3 is 10.8 Å². The summed E-state index contributed by atoms with van der Waals surface area (Å²) in [5.74, 6) is -2.43. The number of fused-ring (bicyclic) bond motifs is 1. The predicted octanol–water partition coefficient (Wildman–Crippen LogP) is -0.702. The fourth-order valence-electron chi connectivity index (χ4n) is 1.63. The Bertz CT molecular complexity index is 801. The number of rotatable bonds is 6. The molecule has 9 nitrogen and oxygen atoms in total. The molecule has 4 N–H and O–H groups in total. The molecule has 21 heavy (non-hydrogen) atoms. The molecule has 0 saturated heterocycles. The molecular weight excluding hydrogens is 320 g/mol. The smallest absolute Gasteiger partial charge is 0.322 e. The maximum atomic E-state index is 12.3. The Morgan fingerprint density at radius 1 is 1.38 bits per heavy atom. The van der Waals surface area contributed by atoms with Gasteiger partial charge in [0, 0.05) is 0 Å². The number of amides is 1. The minimum Gasteiger partial charge on any atom is -0.480 e. The largest absolute Gasteiger partial charge is 0.480 e. The minimum atomic E-state index is -4.18. The molecule has 1 atom stereocenters. The Kier molecular flexibility index (Phi) is 4.16. The van der Waals surface area contributed by atoms with Crippen molar-refractivity contribution in [2.24, 2.45) is 5.73 Å². The number of nitrogens with zero attached hydrogens (tertiary/aromatic N) is 2. The zero-order valence-electron chi connectivity index (χ0n) is 10.4. The summed E-state index contributed by atoms with van der Waals surface area (Å²) in [7, 11) is -4.18. The van der Waals surface area contributed by atoms with Gasteiger partial charge >= 0.3 is 5.97 Å². The molecule has 1 aromatic heterocycles. The summed E-state index contributed by atoms with van der Waals surface area (Å²) in [6.45, 7) is 0. The Morgan fingerprint density at radius 2 is 2.10 bits per heavy atom. The molecule has 11 heteroatoms. The molecule has 0 spiro atoms. The fraction of sp³-hybridized carbons (Fsp3) is 0.200. The van der Waals surface area contributed by atoms with E-state index in [1.165, 1.54) is 12.1 Å². The molecule has 1 heterocycles. The van der Waals surface area contributed by atoms with E-state index in [1.807, 2.05) is 4.72 Å². The Hall–Kier alpha value is -2.11. The van der Waals surface area contributed by atoms with Crippen LogP contribution >= 0.6 is 11.7 Å². The fourth-order valence-corrected chi connectivity index (χ4v) is 3.59. The maximum Gasteiger partial charge on any atom is 0.322 e. The number of carboxylic acids is 1. The lowest BCUT2D eigenvalue weighted by Gasteiger charge is -2.13. The molecule has 0 radical (unpaired) electrons. The highest BCUT2D eigenvalue weighted by Gasteiger charge is 2.28. The summed E-state index contributed by atoms with van der Waals surface area (Å²) in [6.07, 6.45) is -0.653. The first kappa shape index (κ1) is 15.3. The normalized spacial score (nSPS) is 13.1. The molecule has 0 bridgehead atoms. The number of aromatic nitrogens is 2. The lowest BCUT2D eigenvalue weighted by molar-refractivity contribution is -0.140. The third-order valence-corrected chi connectivity index (χ3v) is 4.59. The van der Waals surface area contributed by atoms with E-state index in [4.69, 9.17) is 10.8 Å². The number of sulfonamides is 1. The average Bonchev–Trinajstić information content (AvgIpc) is 2.84. The highest BCUT2D eigenvalue weighted by molar-refractivity contribution is 7.89. The molecule has 0 saturated carbocycles. The van der Waals surface area contributed by atoms with Crippen LogP contribution in [0.25, 0.3) is 11.0 Å². The van der Waals surface area contributed by atoms with Crippen LogP contribution in [-0.2, 0) is 19.6 Å². The first-order valence-corrected chi connectivity index (χ1v) is 7.77. The number of aliphatic carboxylic acids is 1. The molecule has 2 aromatic rings. The molecule has 0 aliphatic carbocycles. The van der Waals surface area contributed by atoms with E-state index in [1.54, 1.807) is 6.07 Å². The van der Waals surface area contributed by atoms with Gasteiger partial charge in [-0.05, 0) is 12.1 Å². The van der Waals surface area contributed by atoms with Gasteiger partial charge in [0.2, 0.25) is 15.9 Å². The quantitative estimate of drug-likeness (QED) is 0.633. The summed E-state index contributed by atoms with van der Waals surface area (Å²) in [6, 6.07) is 2.67. The van der Waals surface area contributed by atoms with Crippen molar-refractivity contribution in [1.29, 1.82) is 0 Å². The Balaban J connectivity index is 2.39. The third kappa shape index (κ3) is 3.32. The van der Waals surface area contributed by atoms with E-state index in [0.717, 1.165) is 11.7 Å². The summed E-state index contributed by atoms with van der Waals surface area (Å²) in [5, 5.41) is 8.95. The average molecular weight is 330 g/mol. The number of benzene rings is 1. The second kappa shape index (κ2) is 5.71. The molecule has 0 aliphatic rings. The first-order valence-electron chi connectivity index (χ1n) is 5.56. The zero-order valence-corrected chi connectivity index (χ0v) is 12.0. The Labute approximate surface area is 123 Å². The van der Waals surface area contributed by atoms with Crippen LogP contribution in [-0.4, -0.2) is 40.2 Å². The summed E-state index contributed by atoms with van der Waals surface area (Å²) >= 11 is 0.836. The minimum absolute atomic E-state index is 0.137. The lowest BCUT2D eigenvalue weighted by atomic mass is 10.2. The molecule has 1 aromatic carbocycles. The van der Waals surface area contributed by atoms with Crippen LogP contribution in [0.4, 0.5) is 0 Å². The van der Waals surface area contributed by atoms with Crippen molar-refractivity contribution in [2.45, 2.75) is 17.4 Å². The van der Waals surface area contributed by atoms with Crippen LogP contribution in [0.5, 0.6) is 0 Å². The van der Waals surface area contributed by atoms with Crippen LogP contribution < -0.4 is 10.5 Å². The van der Waals surface area contributed by atoms with Crippen molar-refractivity contribution < 1.29 is 23.1 Å². The summed E-state index contributed by atoms with van der Waals surface area (Å²) < 4.78 is 34.2. The maximum absolute atomic E-state index is 12.3. The lowest BCUT2D eigenvalue weighted by Crippen LogP contribution is -2.43. The predicted molar refractivity (Wildman–Crippen MR) is 73.0 cm³/mol. The van der Waals surface area contributed by atoms with Crippen LogP contribution in [0.2, 0.25) is 0 Å². The number of hydrogen-bond donors (Lipinski definition) is 3. The van der Waals surface area contributed by atoms with E-state index in [-0.39, 0.29) is 10.4 Å². The van der Waals surface area contributed by atoms with Crippen LogP contribution in [0.1, 0.15) is 6.42 Å². The van der Waals surface area contributed by atoms with Gasteiger partial charge in [-0.2, -0.15) is 13.5 Å². The van der Waals surface area contributed by atoms with E-state index in [9.17, 15) is 18.0 Å². The molecule has 1 amide bonds. The van der Waals surface area contributed by atoms with Crippen LogP contribution in [0.15, 0.2) is 23.1 Å². The van der Waals surface area contributed by atoms with Crippen LogP contribution in [0, 0.1) is 0 Å². The molecule has 112 valence electrons. The number of carbonyl (C=O) groups excluding carboxylic acids is 1. The van der Waals surface area contributed by atoms with Gasteiger partial charge in [-0.3, -0.25) is 9.59 Å². The van der Waals surface area contributed by atoms with Crippen molar-refractivity contribution in [3.05, 3.63) is 18.2 Å². The van der Waals surface area contributed by atoms with E-state index < -0.39 is 34.4 Å². The molecule has 0 aliphatic heterocycles. The molecule has 2 rings (SSSR count). The van der Waals surface area contributed by atoms with Crippen molar-refractivity contribution in [3.63, 3.8) is 0 Å². The van der Waals surface area contributed by atoms with Crippen molar-refractivity contribution >= 4 is 44.7 Å². The van der Waals surface area contributed by atoms with Gasteiger partial charge in [-0.15, -0.1) is 0 Å². The first-order chi connectivity index (χ1) is 9.81. The number of primary amides is 1. The number of nitrogens with two attached hydrogens (primary N) is 1. The van der Waals surface area contributed by atoms with E-state index >= 15 is 0 Å². The Morgan fingerprint density at radius 3 is 2.71 bits per heavy atom. The van der Waals surface area contributed by atoms with Crippen LogP contribution in [0.3, 0.4) is 0 Å². The van der Waals surface area contributed by atoms with Gasteiger partial charge in [0.1, 0.15) is 22.0 Å². The van der Waals surface area contributed by atoms with Gasteiger partial charge in [0.15, 0.2) is 0 Å². The second-order valence-electron chi connectivity index (χ2n) is 4.07. The number of carboxylic acid groups (broad SMARTS) is 1. The van der Waals surface area contributed by atoms with E-state index in [2.05, 4.69) is 8.75 Å². The number of carbonyl (C=O) groups is 2. The second-order valence-corrected chi connectivity index (χ2v) is 6.28. The number of nitrogens with one attached hydrogen (secondary N) is 1. The van der Waals surface area contributed by atoms with Gasteiger partial charge in [0.05, 0.1) is 18.1 Å². The molecular formula is C10H10N4O5S2. The monoisotopic (exact) mass is 330 g/mol. The van der Waals surface area contributed by atoms with Gasteiger partial charge in [-0.1, -0.05) is 6.07 Å². The highest BCUT2D eigenvalue weighted by Crippen LogP contribution is 2.21. The molecule has 0 fully saturated rings. The standard InChI is InChI=1S/C10H10N4O5S2/c11-8(15)4-6(10(16)17)14-21(18,19)7-3-1-2-5-9(7)13-20-12-5/h1-3,6,14H,4H2,(H2,11,15)(H,16,17)/t6-/m0/s1. The van der Waals surface area contributed by atoms with E-state index in [0.29, 0.717) is 5.52 Å². The highest BCUT2D eigenvalue weighted by atomic mass is 32.2. The van der Waals surface area contributed by atoms with Gasteiger partial charge in [0.25, 0.3) is 0 Å². The zero-order chi connectivity index (χ0) is 15.6. The third-order valence-electron chi connectivity index (χ3n) is 2.54. The van der Waals surface area contributed by atoms with Crippen molar-refractivity contribution in [1.82, 2.24) is 13.5 Å². The summed E-state index contributed by atoms with van der Waals surface area (Å²) in [4.78, 5) is 21.6. The SMILES string of the molecule is NC(=O)C[C@H](NS(=O)(=O)c1cccc2nsnc12)C(=O)O. The molecule has 0 unspecified atom stereocenters. The number of hydrogen-bond acceptors (Lipinski definition) is 7. The van der Waals surface area contributed by atoms with Crippen molar-refractivity contribution in [3.8, 4) is 0 Å².